The lowest BCUT2D eigenvalue weighted by Gasteiger charge is -2.20. The predicted molar refractivity (Wildman–Crippen MR) is 86.7 cm³/mol. The van der Waals surface area contributed by atoms with Crippen LogP contribution in [0.2, 0.25) is 10.0 Å². The zero-order valence-electron chi connectivity index (χ0n) is 11.2. The summed E-state index contributed by atoms with van der Waals surface area (Å²) in [4.78, 5) is 19.3. The standard InChI is InChI=1S/C14H13BrCl2N2O/c1-14(2,3)11-10(15)13(20)19-12(18-11)8-6-7(16)4-5-9(8)17/h4-6H,1-3H3,(H,18,19,20). The van der Waals surface area contributed by atoms with Gasteiger partial charge in [0.05, 0.1) is 10.7 Å². The van der Waals surface area contributed by atoms with Crippen molar-refractivity contribution < 1.29 is 0 Å². The minimum atomic E-state index is -0.271. The highest BCUT2D eigenvalue weighted by atomic mass is 79.9. The van der Waals surface area contributed by atoms with E-state index in [1.54, 1.807) is 18.2 Å². The second kappa shape index (κ2) is 5.51. The molecule has 106 valence electrons. The molecule has 0 atom stereocenters. The zero-order valence-corrected chi connectivity index (χ0v) is 14.3. The van der Waals surface area contributed by atoms with Crippen LogP contribution in [-0.4, -0.2) is 9.97 Å². The van der Waals surface area contributed by atoms with Crippen LogP contribution in [0.4, 0.5) is 0 Å². The van der Waals surface area contributed by atoms with Gasteiger partial charge in [0.1, 0.15) is 10.3 Å². The van der Waals surface area contributed by atoms with Crippen molar-refractivity contribution >= 4 is 39.1 Å². The van der Waals surface area contributed by atoms with Crippen molar-refractivity contribution in [2.45, 2.75) is 26.2 Å². The molecule has 1 aromatic carbocycles. The van der Waals surface area contributed by atoms with Crippen LogP contribution in [0.5, 0.6) is 0 Å². The maximum Gasteiger partial charge on any atom is 0.265 e. The van der Waals surface area contributed by atoms with Crippen LogP contribution in [0, 0.1) is 0 Å². The largest absolute Gasteiger partial charge is 0.305 e. The van der Waals surface area contributed by atoms with Crippen LogP contribution in [-0.2, 0) is 5.41 Å². The average Bonchev–Trinajstić information content (AvgIpc) is 2.34. The van der Waals surface area contributed by atoms with Crippen LogP contribution in [0.15, 0.2) is 27.5 Å². The molecule has 0 radical (unpaired) electrons. The van der Waals surface area contributed by atoms with Gasteiger partial charge in [-0.3, -0.25) is 4.79 Å². The Kier molecular flexibility index (Phi) is 4.28. The Morgan fingerprint density at radius 2 is 1.90 bits per heavy atom. The van der Waals surface area contributed by atoms with Crippen molar-refractivity contribution in [1.29, 1.82) is 0 Å². The number of hydrogen-bond acceptors (Lipinski definition) is 2. The summed E-state index contributed by atoms with van der Waals surface area (Å²) in [6.45, 7) is 5.97. The van der Waals surface area contributed by atoms with Gasteiger partial charge in [-0.25, -0.2) is 4.98 Å². The Balaban J connectivity index is 2.74. The molecule has 0 amide bonds. The Morgan fingerprint density at radius 1 is 1.25 bits per heavy atom. The summed E-state index contributed by atoms with van der Waals surface area (Å²) in [5.41, 5.74) is 0.768. The molecule has 0 unspecified atom stereocenters. The van der Waals surface area contributed by atoms with Gasteiger partial charge in [-0.2, -0.15) is 0 Å². The smallest absolute Gasteiger partial charge is 0.265 e. The first-order chi connectivity index (χ1) is 9.20. The molecule has 0 fully saturated rings. The molecule has 1 N–H and O–H groups in total. The lowest BCUT2D eigenvalue weighted by molar-refractivity contribution is 0.562. The number of aromatic nitrogens is 2. The van der Waals surface area contributed by atoms with E-state index >= 15 is 0 Å². The highest BCUT2D eigenvalue weighted by molar-refractivity contribution is 9.10. The van der Waals surface area contributed by atoms with E-state index in [1.807, 2.05) is 20.8 Å². The van der Waals surface area contributed by atoms with E-state index in [4.69, 9.17) is 23.2 Å². The minimum Gasteiger partial charge on any atom is -0.305 e. The van der Waals surface area contributed by atoms with Gasteiger partial charge in [-0.1, -0.05) is 44.0 Å². The number of halogens is 3. The third kappa shape index (κ3) is 3.08. The number of rotatable bonds is 1. The van der Waals surface area contributed by atoms with Gasteiger partial charge >= 0.3 is 0 Å². The molecular formula is C14H13BrCl2N2O. The van der Waals surface area contributed by atoms with Gasteiger partial charge in [0.2, 0.25) is 0 Å². The number of nitrogens with one attached hydrogen (secondary N) is 1. The van der Waals surface area contributed by atoms with E-state index in [0.717, 1.165) is 0 Å². The van der Waals surface area contributed by atoms with E-state index in [1.165, 1.54) is 0 Å². The van der Waals surface area contributed by atoms with E-state index in [9.17, 15) is 4.79 Å². The predicted octanol–water partition coefficient (Wildman–Crippen LogP) is 4.80. The highest BCUT2D eigenvalue weighted by Crippen LogP contribution is 2.31. The Labute approximate surface area is 135 Å². The molecule has 1 heterocycles. The number of aromatic amines is 1. The monoisotopic (exact) mass is 374 g/mol. The first-order valence-electron chi connectivity index (χ1n) is 5.96. The van der Waals surface area contributed by atoms with E-state index in [2.05, 4.69) is 25.9 Å². The van der Waals surface area contributed by atoms with Gasteiger partial charge in [-0.05, 0) is 34.1 Å². The summed E-state index contributed by atoms with van der Waals surface area (Å²) < 4.78 is 0.437. The Morgan fingerprint density at radius 3 is 2.50 bits per heavy atom. The first kappa shape index (κ1) is 15.5. The second-order valence-electron chi connectivity index (χ2n) is 5.45. The van der Waals surface area contributed by atoms with Crippen molar-refractivity contribution in [3.63, 3.8) is 0 Å². The summed E-state index contributed by atoms with van der Waals surface area (Å²) in [5.74, 6) is 0.413. The number of H-pyrrole nitrogens is 1. The molecule has 6 heteroatoms. The molecule has 0 aliphatic heterocycles. The van der Waals surface area contributed by atoms with Crippen LogP contribution in [0.25, 0.3) is 11.4 Å². The summed E-state index contributed by atoms with van der Waals surface area (Å²) in [6, 6.07) is 5.05. The summed E-state index contributed by atoms with van der Waals surface area (Å²) in [7, 11) is 0. The molecule has 0 bridgehead atoms. The maximum atomic E-state index is 12.1. The molecule has 20 heavy (non-hydrogen) atoms. The van der Waals surface area contributed by atoms with Crippen molar-refractivity contribution in [2.24, 2.45) is 0 Å². The summed E-state index contributed by atoms with van der Waals surface area (Å²) >= 11 is 15.4. The Bertz CT molecular complexity index is 720. The zero-order chi connectivity index (χ0) is 15.1. The third-order valence-corrected chi connectivity index (χ3v) is 4.06. The first-order valence-corrected chi connectivity index (χ1v) is 7.51. The lowest BCUT2D eigenvalue weighted by atomic mass is 9.92. The minimum absolute atomic E-state index is 0.240. The van der Waals surface area contributed by atoms with Gasteiger partial charge in [0, 0.05) is 16.0 Å². The Hall–Kier alpha value is -0.840. The van der Waals surface area contributed by atoms with Crippen LogP contribution >= 0.6 is 39.1 Å². The third-order valence-electron chi connectivity index (χ3n) is 2.76. The van der Waals surface area contributed by atoms with E-state index in [-0.39, 0.29) is 11.0 Å². The fraction of sp³-hybridized carbons (Fsp3) is 0.286. The van der Waals surface area contributed by atoms with Crippen LogP contribution in [0.3, 0.4) is 0 Å². The van der Waals surface area contributed by atoms with Crippen molar-refractivity contribution in [3.8, 4) is 11.4 Å². The van der Waals surface area contributed by atoms with Crippen LogP contribution in [0.1, 0.15) is 26.5 Å². The van der Waals surface area contributed by atoms with Crippen molar-refractivity contribution in [1.82, 2.24) is 9.97 Å². The lowest BCUT2D eigenvalue weighted by Crippen LogP contribution is -2.22. The van der Waals surface area contributed by atoms with Crippen LogP contribution < -0.4 is 5.56 Å². The molecule has 0 saturated heterocycles. The highest BCUT2D eigenvalue weighted by Gasteiger charge is 2.22. The van der Waals surface area contributed by atoms with E-state index < -0.39 is 0 Å². The van der Waals surface area contributed by atoms with E-state index in [0.29, 0.717) is 31.6 Å². The van der Waals surface area contributed by atoms with Crippen molar-refractivity contribution in [3.05, 3.63) is 48.8 Å². The molecule has 3 nitrogen and oxygen atoms in total. The second-order valence-corrected chi connectivity index (χ2v) is 7.09. The van der Waals surface area contributed by atoms with Gasteiger partial charge in [0.15, 0.2) is 0 Å². The molecule has 1 aromatic heterocycles. The molecule has 0 aliphatic carbocycles. The molecule has 2 rings (SSSR count). The fourth-order valence-corrected chi connectivity index (χ4v) is 2.92. The number of hydrogen-bond donors (Lipinski definition) is 1. The SMILES string of the molecule is CC(C)(C)c1nc(-c2cc(Cl)ccc2Cl)[nH]c(=O)c1Br. The van der Waals surface area contributed by atoms with Gasteiger partial charge in [0.25, 0.3) is 5.56 Å². The molecule has 0 saturated carbocycles. The number of benzene rings is 1. The fourth-order valence-electron chi connectivity index (χ4n) is 1.76. The molecule has 0 aliphatic rings. The molecular weight excluding hydrogens is 363 g/mol. The quantitative estimate of drug-likeness (QED) is 0.777. The molecule has 0 spiro atoms. The van der Waals surface area contributed by atoms with Gasteiger partial charge in [-0.15, -0.1) is 0 Å². The topological polar surface area (TPSA) is 45.8 Å². The van der Waals surface area contributed by atoms with Crippen molar-refractivity contribution in [2.75, 3.05) is 0 Å². The van der Waals surface area contributed by atoms with Gasteiger partial charge < -0.3 is 4.98 Å². The normalized spacial score (nSPS) is 11.7. The summed E-state index contributed by atoms with van der Waals surface area (Å²) in [6.07, 6.45) is 0. The molecule has 2 aromatic rings. The number of nitrogens with zero attached hydrogens (tertiary/aromatic N) is 1. The average molecular weight is 376 g/mol. The summed E-state index contributed by atoms with van der Waals surface area (Å²) in [5, 5.41) is 1.02. The maximum absolute atomic E-state index is 12.1.